The molecule has 0 fully saturated rings. The lowest BCUT2D eigenvalue weighted by Gasteiger charge is -2.46. The van der Waals surface area contributed by atoms with Gasteiger partial charge < -0.3 is 15.5 Å². The highest BCUT2D eigenvalue weighted by Crippen LogP contribution is 2.52. The summed E-state index contributed by atoms with van der Waals surface area (Å²) in [5, 5.41) is 22.1. The molecular weight excluding hydrogens is 258 g/mol. The van der Waals surface area contributed by atoms with Gasteiger partial charge in [0.05, 0.1) is 11.1 Å². The second kappa shape index (κ2) is 5.31. The van der Waals surface area contributed by atoms with Crippen molar-refractivity contribution in [1.29, 1.82) is 0 Å². The molecule has 0 aromatic rings. The monoisotopic (exact) mass is 281 g/mol. The van der Waals surface area contributed by atoms with Crippen molar-refractivity contribution in [3.05, 3.63) is 22.5 Å². The molecule has 0 saturated heterocycles. The summed E-state index contributed by atoms with van der Waals surface area (Å²) < 4.78 is 0. The fourth-order valence-electron chi connectivity index (χ4n) is 3.65. The van der Waals surface area contributed by atoms with Gasteiger partial charge in [-0.25, -0.2) is 9.59 Å². The SMILES string of the molecule is CC1=C(C(=O)O)C(C(C)C)(C(C)C)C(C(=O)O)=C(C)N1. The van der Waals surface area contributed by atoms with Crippen LogP contribution >= 0.6 is 0 Å². The number of hydrogen-bond acceptors (Lipinski definition) is 3. The molecule has 0 spiro atoms. The summed E-state index contributed by atoms with van der Waals surface area (Å²) in [6.07, 6.45) is 0. The van der Waals surface area contributed by atoms with E-state index in [2.05, 4.69) is 5.32 Å². The third-order valence-electron chi connectivity index (χ3n) is 4.20. The van der Waals surface area contributed by atoms with Gasteiger partial charge in [0.2, 0.25) is 0 Å². The van der Waals surface area contributed by atoms with Crippen molar-refractivity contribution in [3.8, 4) is 0 Å². The number of allylic oxidation sites excluding steroid dienone is 2. The number of hydrogen-bond donors (Lipinski definition) is 3. The highest BCUT2D eigenvalue weighted by Gasteiger charge is 2.52. The van der Waals surface area contributed by atoms with Crippen LogP contribution in [-0.4, -0.2) is 22.2 Å². The van der Waals surface area contributed by atoms with E-state index in [-0.39, 0.29) is 23.0 Å². The van der Waals surface area contributed by atoms with E-state index in [0.717, 1.165) is 0 Å². The molecule has 5 nitrogen and oxygen atoms in total. The van der Waals surface area contributed by atoms with Crippen LogP contribution in [0.2, 0.25) is 0 Å². The molecule has 1 rings (SSSR count). The summed E-state index contributed by atoms with van der Waals surface area (Å²) in [7, 11) is 0. The van der Waals surface area contributed by atoms with Gasteiger partial charge >= 0.3 is 11.9 Å². The zero-order chi connectivity index (χ0) is 15.8. The fourth-order valence-corrected chi connectivity index (χ4v) is 3.65. The van der Waals surface area contributed by atoms with Gasteiger partial charge in [0, 0.05) is 16.8 Å². The first kappa shape index (κ1) is 16.3. The molecule has 112 valence electrons. The zero-order valence-corrected chi connectivity index (χ0v) is 12.9. The third kappa shape index (κ3) is 2.11. The molecule has 3 N–H and O–H groups in total. The Hall–Kier alpha value is -1.78. The number of dihydropyridines is 1. The normalized spacial score (nSPS) is 18.6. The van der Waals surface area contributed by atoms with E-state index in [9.17, 15) is 19.8 Å². The molecule has 0 radical (unpaired) electrons. The van der Waals surface area contributed by atoms with Crippen LogP contribution < -0.4 is 5.32 Å². The molecular formula is C15H23NO4. The highest BCUT2D eigenvalue weighted by molar-refractivity contribution is 5.98. The lowest BCUT2D eigenvalue weighted by atomic mass is 9.58. The molecule has 0 aromatic carbocycles. The van der Waals surface area contributed by atoms with Crippen molar-refractivity contribution in [2.24, 2.45) is 17.3 Å². The molecule has 0 saturated carbocycles. The van der Waals surface area contributed by atoms with Gasteiger partial charge in [-0.05, 0) is 25.7 Å². The van der Waals surface area contributed by atoms with Gasteiger partial charge in [0.1, 0.15) is 0 Å². The van der Waals surface area contributed by atoms with Gasteiger partial charge in [-0.1, -0.05) is 27.7 Å². The molecule has 1 heterocycles. The van der Waals surface area contributed by atoms with Crippen LogP contribution in [-0.2, 0) is 9.59 Å². The van der Waals surface area contributed by atoms with Crippen LogP contribution in [0.5, 0.6) is 0 Å². The zero-order valence-electron chi connectivity index (χ0n) is 12.9. The van der Waals surface area contributed by atoms with Crippen molar-refractivity contribution >= 4 is 11.9 Å². The van der Waals surface area contributed by atoms with E-state index in [1.807, 2.05) is 27.7 Å². The highest BCUT2D eigenvalue weighted by atomic mass is 16.4. The standard InChI is InChI=1S/C15H23NO4/c1-7(2)15(8(3)4)11(13(17)18)9(5)16-10(6)12(15)14(19)20/h7-8,16H,1-6H3,(H,17,18)(H,19,20). The molecule has 0 aliphatic carbocycles. The van der Waals surface area contributed by atoms with Crippen LogP contribution in [0, 0.1) is 17.3 Å². The van der Waals surface area contributed by atoms with Gasteiger partial charge in [-0.3, -0.25) is 0 Å². The van der Waals surface area contributed by atoms with Crippen molar-refractivity contribution < 1.29 is 19.8 Å². The molecule has 5 heteroatoms. The molecule has 0 aromatic heterocycles. The first-order valence-corrected chi connectivity index (χ1v) is 6.74. The molecule has 0 unspecified atom stereocenters. The Labute approximate surface area is 119 Å². The molecule has 0 bridgehead atoms. The number of carboxylic acid groups (broad SMARTS) is 2. The molecule has 0 amide bonds. The molecule has 20 heavy (non-hydrogen) atoms. The van der Waals surface area contributed by atoms with Crippen LogP contribution in [0.3, 0.4) is 0 Å². The van der Waals surface area contributed by atoms with E-state index in [1.165, 1.54) is 0 Å². The summed E-state index contributed by atoms with van der Waals surface area (Å²) in [5.74, 6) is -2.43. The van der Waals surface area contributed by atoms with Crippen molar-refractivity contribution in [3.63, 3.8) is 0 Å². The number of rotatable bonds is 4. The predicted octanol–water partition coefficient (Wildman–Crippen LogP) is 2.61. The van der Waals surface area contributed by atoms with Gasteiger partial charge in [-0.2, -0.15) is 0 Å². The quantitative estimate of drug-likeness (QED) is 0.737. The number of carboxylic acids is 2. The lowest BCUT2D eigenvalue weighted by molar-refractivity contribution is -0.136. The maximum absolute atomic E-state index is 11.8. The summed E-state index contributed by atoms with van der Waals surface area (Å²) in [5.41, 5.74) is 0.345. The molecule has 1 aliphatic heterocycles. The van der Waals surface area contributed by atoms with Crippen LogP contribution in [0.4, 0.5) is 0 Å². The van der Waals surface area contributed by atoms with Crippen LogP contribution in [0.1, 0.15) is 41.5 Å². The van der Waals surface area contributed by atoms with Crippen molar-refractivity contribution in [2.75, 3.05) is 0 Å². The summed E-state index contributed by atoms with van der Waals surface area (Å²) in [4.78, 5) is 23.5. The smallest absolute Gasteiger partial charge is 0.334 e. The van der Waals surface area contributed by atoms with Crippen LogP contribution in [0.25, 0.3) is 0 Å². The summed E-state index contributed by atoms with van der Waals surface area (Å²) in [6, 6.07) is 0. The van der Waals surface area contributed by atoms with E-state index in [4.69, 9.17) is 0 Å². The number of carbonyl (C=O) groups is 2. The Kier molecular flexibility index (Phi) is 4.32. The van der Waals surface area contributed by atoms with E-state index < -0.39 is 17.4 Å². The minimum atomic E-state index is -1.07. The van der Waals surface area contributed by atoms with E-state index in [0.29, 0.717) is 11.4 Å². The average molecular weight is 281 g/mol. The first-order valence-electron chi connectivity index (χ1n) is 6.74. The maximum Gasteiger partial charge on any atom is 0.334 e. The average Bonchev–Trinajstić information content (AvgIpc) is 2.25. The van der Waals surface area contributed by atoms with Crippen molar-refractivity contribution in [2.45, 2.75) is 41.5 Å². The topological polar surface area (TPSA) is 86.6 Å². The molecule has 1 aliphatic rings. The number of nitrogens with one attached hydrogen (secondary N) is 1. The van der Waals surface area contributed by atoms with E-state index >= 15 is 0 Å². The van der Waals surface area contributed by atoms with Crippen LogP contribution in [0.15, 0.2) is 22.5 Å². The lowest BCUT2D eigenvalue weighted by Crippen LogP contribution is -2.47. The first-order chi connectivity index (χ1) is 9.08. The Bertz CT molecular complexity index is 466. The largest absolute Gasteiger partial charge is 0.478 e. The van der Waals surface area contributed by atoms with Gasteiger partial charge in [0.25, 0.3) is 0 Å². The Morgan fingerprint density at radius 3 is 1.40 bits per heavy atom. The second-order valence-corrected chi connectivity index (χ2v) is 5.91. The minimum absolute atomic E-state index is 0.147. The predicted molar refractivity (Wildman–Crippen MR) is 75.9 cm³/mol. The molecule has 0 atom stereocenters. The number of aliphatic carboxylic acids is 2. The van der Waals surface area contributed by atoms with E-state index in [1.54, 1.807) is 13.8 Å². The Morgan fingerprint density at radius 1 is 0.900 bits per heavy atom. The van der Waals surface area contributed by atoms with Crippen molar-refractivity contribution in [1.82, 2.24) is 5.32 Å². The minimum Gasteiger partial charge on any atom is -0.478 e. The summed E-state index contributed by atoms with van der Waals surface area (Å²) >= 11 is 0. The second-order valence-electron chi connectivity index (χ2n) is 5.91. The van der Waals surface area contributed by atoms with Gasteiger partial charge in [0.15, 0.2) is 0 Å². The fraction of sp³-hybridized carbons (Fsp3) is 0.600. The summed E-state index contributed by atoms with van der Waals surface area (Å²) in [6.45, 7) is 10.9. The Balaban J connectivity index is 3.82. The van der Waals surface area contributed by atoms with Gasteiger partial charge in [-0.15, -0.1) is 0 Å². The third-order valence-corrected chi connectivity index (χ3v) is 4.20. The maximum atomic E-state index is 11.8. The Morgan fingerprint density at radius 2 is 1.20 bits per heavy atom.